The largest absolute Gasteiger partial charge is 0.296 e. The first kappa shape index (κ1) is 7.03. The summed E-state index contributed by atoms with van der Waals surface area (Å²) in [4.78, 5) is 14.3. The number of carbonyl (C=O) groups excluding carboxylic acids is 1. The quantitative estimate of drug-likeness (QED) is 0.407. The molecule has 0 aromatic carbocycles. The van der Waals surface area contributed by atoms with E-state index >= 15 is 0 Å². The van der Waals surface area contributed by atoms with E-state index < -0.39 is 0 Å². The Bertz CT molecular complexity index is 437. The van der Waals surface area contributed by atoms with E-state index in [1.807, 2.05) is 0 Å². The maximum atomic E-state index is 10.3. The normalized spacial score (nSPS) is 10.3. The first-order valence-corrected chi connectivity index (χ1v) is 3.37. The predicted molar refractivity (Wildman–Crippen MR) is 43.8 cm³/mol. The predicted octanol–water partition coefficient (Wildman–Crippen LogP) is -0.664. The van der Waals surface area contributed by atoms with Gasteiger partial charge in [0.05, 0.1) is 6.20 Å². The molecule has 0 atom stereocenters. The second-order valence-corrected chi connectivity index (χ2v) is 2.34. The first-order valence-electron chi connectivity index (χ1n) is 3.37. The van der Waals surface area contributed by atoms with Crippen LogP contribution in [0.25, 0.3) is 5.65 Å². The average molecular weight is 157 g/mol. The number of hydrogen-bond acceptors (Lipinski definition) is 3. The number of fused-ring (bicyclic) bond motifs is 1. The molecule has 56 valence electrons. The molecule has 2 rings (SSSR count). The fourth-order valence-electron chi connectivity index (χ4n) is 0.972. The second-order valence-electron chi connectivity index (χ2n) is 2.34. The lowest BCUT2D eigenvalue weighted by molar-refractivity contribution is 0.111. The molecule has 0 saturated carbocycles. The van der Waals surface area contributed by atoms with Crippen LogP contribution in [-0.4, -0.2) is 28.7 Å². The van der Waals surface area contributed by atoms with Gasteiger partial charge in [0, 0.05) is 5.59 Å². The van der Waals surface area contributed by atoms with Gasteiger partial charge in [-0.3, -0.25) is 4.79 Å². The summed E-state index contributed by atoms with van der Waals surface area (Å²) in [6.07, 6.45) is 2.20. The molecular formula is C7H4BN3O. The summed E-state index contributed by atoms with van der Waals surface area (Å²) in [5, 5.41) is 3.92. The second kappa shape index (κ2) is 2.44. The van der Waals surface area contributed by atoms with E-state index in [-0.39, 0.29) is 0 Å². The van der Waals surface area contributed by atoms with Crippen LogP contribution in [0.2, 0.25) is 0 Å². The van der Waals surface area contributed by atoms with Crippen LogP contribution < -0.4 is 5.59 Å². The summed E-state index contributed by atoms with van der Waals surface area (Å²) in [6.45, 7) is 0. The fourth-order valence-corrected chi connectivity index (χ4v) is 0.972. The van der Waals surface area contributed by atoms with Crippen molar-refractivity contribution in [3.63, 3.8) is 0 Å². The van der Waals surface area contributed by atoms with Gasteiger partial charge in [0.2, 0.25) is 0 Å². The van der Waals surface area contributed by atoms with Gasteiger partial charge in [-0.05, 0) is 12.1 Å². The van der Waals surface area contributed by atoms with Gasteiger partial charge in [0.25, 0.3) is 0 Å². The standard InChI is InChI=1S/C7H4BN3O/c8-6-1-2-7-9-5(4-12)3-11(7)10-6/h1-4H. The molecule has 4 nitrogen and oxygen atoms in total. The molecule has 0 aliphatic carbocycles. The van der Waals surface area contributed by atoms with E-state index in [0.29, 0.717) is 23.2 Å². The fraction of sp³-hybridized carbons (Fsp3) is 0. The van der Waals surface area contributed by atoms with Crippen LogP contribution in [0, 0.1) is 0 Å². The van der Waals surface area contributed by atoms with Crippen molar-refractivity contribution >= 4 is 25.4 Å². The minimum Gasteiger partial charge on any atom is -0.296 e. The van der Waals surface area contributed by atoms with Gasteiger partial charge < -0.3 is 0 Å². The molecule has 2 aromatic rings. The molecule has 0 aliphatic heterocycles. The van der Waals surface area contributed by atoms with Crippen molar-refractivity contribution in [3.8, 4) is 0 Å². The van der Waals surface area contributed by atoms with E-state index in [4.69, 9.17) is 7.85 Å². The highest BCUT2D eigenvalue weighted by atomic mass is 16.1. The lowest BCUT2D eigenvalue weighted by Crippen LogP contribution is -2.11. The Balaban J connectivity index is 2.75. The first-order chi connectivity index (χ1) is 5.79. The summed E-state index contributed by atoms with van der Waals surface area (Å²) in [5.41, 5.74) is 1.37. The molecule has 0 bridgehead atoms. The van der Waals surface area contributed by atoms with E-state index in [0.717, 1.165) is 0 Å². The summed E-state index contributed by atoms with van der Waals surface area (Å²) in [5.74, 6) is 0. The number of carbonyl (C=O) groups is 1. The zero-order chi connectivity index (χ0) is 8.55. The van der Waals surface area contributed by atoms with E-state index in [1.165, 1.54) is 10.7 Å². The highest BCUT2D eigenvalue weighted by Gasteiger charge is 1.99. The summed E-state index contributed by atoms with van der Waals surface area (Å²) < 4.78 is 1.47. The topological polar surface area (TPSA) is 47.3 Å². The maximum absolute atomic E-state index is 10.3. The molecule has 0 aliphatic rings. The van der Waals surface area contributed by atoms with Gasteiger partial charge in [0.15, 0.2) is 11.9 Å². The Morgan fingerprint density at radius 2 is 2.33 bits per heavy atom. The van der Waals surface area contributed by atoms with Gasteiger partial charge in [-0.1, -0.05) is 0 Å². The minimum atomic E-state index is 0.355. The van der Waals surface area contributed by atoms with Crippen LogP contribution in [0.15, 0.2) is 18.3 Å². The average Bonchev–Trinajstić information content (AvgIpc) is 2.46. The Morgan fingerprint density at radius 3 is 3.08 bits per heavy atom. The lowest BCUT2D eigenvalue weighted by Gasteiger charge is -1.92. The highest BCUT2D eigenvalue weighted by molar-refractivity contribution is 6.30. The van der Waals surface area contributed by atoms with Crippen LogP contribution in [0.5, 0.6) is 0 Å². The van der Waals surface area contributed by atoms with Gasteiger partial charge in [0.1, 0.15) is 13.5 Å². The smallest absolute Gasteiger partial charge is 0.170 e. The van der Waals surface area contributed by atoms with Gasteiger partial charge in [-0.25, -0.2) is 9.50 Å². The van der Waals surface area contributed by atoms with Crippen molar-refractivity contribution in [2.45, 2.75) is 0 Å². The molecule has 12 heavy (non-hydrogen) atoms. The summed E-state index contributed by atoms with van der Waals surface area (Å²) in [7, 11) is 5.43. The Labute approximate surface area is 69.6 Å². The monoisotopic (exact) mass is 157 g/mol. The molecule has 2 aromatic heterocycles. The SMILES string of the molecule is [B]c1ccc2nc(C=O)cn2n1. The Morgan fingerprint density at radius 1 is 1.50 bits per heavy atom. The molecule has 2 radical (unpaired) electrons. The molecule has 0 saturated heterocycles. The van der Waals surface area contributed by atoms with Crippen molar-refractivity contribution in [1.29, 1.82) is 0 Å². The van der Waals surface area contributed by atoms with E-state index in [2.05, 4.69) is 10.1 Å². The molecule has 0 spiro atoms. The molecule has 5 heteroatoms. The third-order valence-corrected chi connectivity index (χ3v) is 1.48. The number of rotatable bonds is 1. The van der Waals surface area contributed by atoms with E-state index in [9.17, 15) is 4.79 Å². The van der Waals surface area contributed by atoms with Crippen LogP contribution in [-0.2, 0) is 0 Å². The zero-order valence-corrected chi connectivity index (χ0v) is 6.14. The summed E-state index contributed by atoms with van der Waals surface area (Å²) in [6, 6.07) is 3.34. The molecule has 0 unspecified atom stereocenters. The molecular weight excluding hydrogens is 153 g/mol. The lowest BCUT2D eigenvalue weighted by atomic mass is 10.1. The van der Waals surface area contributed by atoms with Gasteiger partial charge in [-0.2, -0.15) is 5.10 Å². The number of imidazole rings is 1. The number of hydrogen-bond donors (Lipinski definition) is 0. The van der Waals surface area contributed by atoms with Crippen molar-refractivity contribution in [3.05, 3.63) is 24.0 Å². The van der Waals surface area contributed by atoms with Gasteiger partial charge >= 0.3 is 0 Å². The third kappa shape index (κ3) is 0.991. The Kier molecular flexibility index (Phi) is 1.43. The summed E-state index contributed by atoms with van der Waals surface area (Å²) >= 11 is 0. The molecule has 2 heterocycles. The molecule has 0 fully saturated rings. The van der Waals surface area contributed by atoms with Crippen LogP contribution >= 0.6 is 0 Å². The zero-order valence-electron chi connectivity index (χ0n) is 6.14. The maximum Gasteiger partial charge on any atom is 0.170 e. The Hall–Kier alpha value is -1.65. The van der Waals surface area contributed by atoms with Crippen molar-refractivity contribution in [2.24, 2.45) is 0 Å². The van der Waals surface area contributed by atoms with Crippen LogP contribution in [0.4, 0.5) is 0 Å². The van der Waals surface area contributed by atoms with Crippen molar-refractivity contribution in [1.82, 2.24) is 14.6 Å². The number of nitrogens with zero attached hydrogens (tertiary/aromatic N) is 3. The number of aromatic nitrogens is 3. The highest BCUT2D eigenvalue weighted by Crippen LogP contribution is 1.98. The minimum absolute atomic E-state index is 0.355. The van der Waals surface area contributed by atoms with Crippen molar-refractivity contribution in [2.75, 3.05) is 0 Å². The molecule has 0 N–H and O–H groups in total. The van der Waals surface area contributed by atoms with Crippen LogP contribution in [0.3, 0.4) is 0 Å². The number of aldehydes is 1. The van der Waals surface area contributed by atoms with E-state index in [1.54, 1.807) is 12.1 Å². The van der Waals surface area contributed by atoms with Gasteiger partial charge in [-0.15, -0.1) is 0 Å². The third-order valence-electron chi connectivity index (χ3n) is 1.48. The van der Waals surface area contributed by atoms with Crippen molar-refractivity contribution < 1.29 is 4.79 Å². The van der Waals surface area contributed by atoms with Crippen LogP contribution in [0.1, 0.15) is 10.5 Å². The molecule has 0 amide bonds.